The number of carbonyl (C=O) groups excluding carboxylic acids is 2. The fraction of sp³-hybridized carbons (Fsp3) is 0.541. The molecule has 4 rings (SSSR count). The summed E-state index contributed by atoms with van der Waals surface area (Å²) >= 11 is 5.92. The lowest BCUT2D eigenvalue weighted by Crippen LogP contribution is -2.44. The second-order valence-corrected chi connectivity index (χ2v) is 14.5. The van der Waals surface area contributed by atoms with Crippen LogP contribution >= 0.6 is 11.6 Å². The minimum Gasteiger partial charge on any atom is -0.463 e. The molecule has 1 aliphatic rings. The number of esters is 1. The number of halogens is 1. The molecule has 1 aliphatic heterocycles. The molecule has 0 saturated carbocycles. The van der Waals surface area contributed by atoms with E-state index in [4.69, 9.17) is 25.6 Å². The maximum atomic E-state index is 13.0. The quantitative estimate of drug-likeness (QED) is 0.0743. The maximum absolute atomic E-state index is 13.0. The van der Waals surface area contributed by atoms with Crippen LogP contribution in [-0.2, 0) is 30.8 Å². The number of H-pyrrole nitrogens is 1. The zero-order valence-electron chi connectivity index (χ0n) is 29.0. The highest BCUT2D eigenvalue weighted by Gasteiger charge is 2.25. The largest absolute Gasteiger partial charge is 0.463 e. The number of amides is 1. The molecule has 1 aromatic heterocycles. The normalized spacial score (nSPS) is 14.1. The lowest BCUT2D eigenvalue weighted by atomic mass is 10.0. The van der Waals surface area contributed by atoms with Crippen molar-refractivity contribution in [1.82, 2.24) is 15.2 Å². The first-order valence-electron chi connectivity index (χ1n) is 17.6. The molecule has 0 spiro atoms. The average molecular weight is 734 g/mol. The molecule has 1 amide bonds. The topological polar surface area (TPSA) is 155 Å². The smallest absolute Gasteiger partial charge is 0.329 e. The third kappa shape index (κ3) is 16.2. The number of hydrogen-bond acceptors (Lipinski definition) is 8. The molecular formula is C37H52ClN3O8S. The number of aromatic amines is 1. The summed E-state index contributed by atoms with van der Waals surface area (Å²) in [6.45, 7) is 5.88. The molecular weight excluding hydrogens is 682 g/mol. The van der Waals surface area contributed by atoms with Crippen molar-refractivity contribution in [1.29, 1.82) is 0 Å². The predicted octanol–water partition coefficient (Wildman–Crippen LogP) is 6.19. The number of benzene rings is 2. The van der Waals surface area contributed by atoms with Crippen LogP contribution in [0.2, 0.25) is 5.02 Å². The highest BCUT2D eigenvalue weighted by molar-refractivity contribution is 7.85. The van der Waals surface area contributed by atoms with Crippen LogP contribution < -0.4 is 10.9 Å². The Bertz CT molecular complexity index is 1630. The van der Waals surface area contributed by atoms with Crippen LogP contribution in [0.1, 0.15) is 87.1 Å². The lowest BCUT2D eigenvalue weighted by Gasteiger charge is -2.26. The van der Waals surface area contributed by atoms with Crippen LogP contribution in [0.15, 0.2) is 59.4 Å². The third-order valence-corrected chi connectivity index (χ3v) is 9.52. The molecule has 0 bridgehead atoms. The van der Waals surface area contributed by atoms with Crippen molar-refractivity contribution in [3.8, 4) is 0 Å². The van der Waals surface area contributed by atoms with E-state index in [1.165, 1.54) is 51.0 Å². The van der Waals surface area contributed by atoms with E-state index < -0.39 is 28.0 Å². The van der Waals surface area contributed by atoms with Gasteiger partial charge in [-0.25, -0.2) is 4.79 Å². The maximum Gasteiger partial charge on any atom is 0.329 e. The van der Waals surface area contributed by atoms with Gasteiger partial charge in [0.2, 0.25) is 5.56 Å². The number of morpholine rings is 1. The molecule has 1 unspecified atom stereocenters. The molecule has 3 N–H and O–H groups in total. The Morgan fingerprint density at radius 3 is 2.22 bits per heavy atom. The molecule has 50 heavy (non-hydrogen) atoms. The number of aromatic nitrogens is 1. The van der Waals surface area contributed by atoms with Crippen LogP contribution in [0.4, 0.5) is 0 Å². The van der Waals surface area contributed by atoms with Gasteiger partial charge in [0.15, 0.2) is 0 Å². The van der Waals surface area contributed by atoms with Gasteiger partial charge < -0.3 is 19.8 Å². The number of unbranched alkanes of at least 4 members (excludes halogenated alkanes) is 9. The number of hydrogen-bond donors (Lipinski definition) is 3. The first-order valence-corrected chi connectivity index (χ1v) is 19.6. The number of nitrogens with zero attached hydrogens (tertiary/aromatic N) is 1. The highest BCUT2D eigenvalue weighted by atomic mass is 35.5. The van der Waals surface area contributed by atoms with Gasteiger partial charge in [0.25, 0.3) is 16.0 Å². The van der Waals surface area contributed by atoms with Gasteiger partial charge in [-0.2, -0.15) is 8.42 Å². The molecule has 13 heteroatoms. The summed E-state index contributed by atoms with van der Waals surface area (Å²) in [5.74, 6) is -1.07. The zero-order valence-corrected chi connectivity index (χ0v) is 30.6. The molecule has 1 fully saturated rings. The summed E-state index contributed by atoms with van der Waals surface area (Å²) < 4.78 is 40.2. The van der Waals surface area contributed by atoms with Crippen LogP contribution in [0.5, 0.6) is 0 Å². The van der Waals surface area contributed by atoms with E-state index in [9.17, 15) is 22.8 Å². The van der Waals surface area contributed by atoms with Crippen molar-refractivity contribution in [2.45, 2.75) is 83.6 Å². The molecule has 0 aliphatic carbocycles. The van der Waals surface area contributed by atoms with Crippen molar-refractivity contribution >= 4 is 44.5 Å². The minimum atomic E-state index is -3.73. The molecule has 2 heterocycles. The Morgan fingerprint density at radius 2 is 1.58 bits per heavy atom. The van der Waals surface area contributed by atoms with Crippen LogP contribution in [0.3, 0.4) is 0 Å². The summed E-state index contributed by atoms with van der Waals surface area (Å²) in [6, 6.07) is 14.2. The fourth-order valence-electron chi connectivity index (χ4n) is 5.67. The molecule has 11 nitrogen and oxygen atoms in total. The number of ether oxygens (including phenoxy) is 2. The fourth-order valence-corrected chi connectivity index (χ4v) is 6.37. The molecule has 1 atom stereocenters. The molecule has 2 aromatic carbocycles. The molecule has 1 saturated heterocycles. The SMILES string of the molecule is CCCCCCCCCCCCS(=O)(=O)O.O=C(NC(Cc1cc(=O)[nH]c2ccccc12)C(=O)OCCN1CCOCC1)c1ccc(Cl)cc1. The predicted molar refractivity (Wildman–Crippen MR) is 197 cm³/mol. The Kier molecular flexibility index (Phi) is 18.5. The third-order valence-electron chi connectivity index (χ3n) is 8.47. The Balaban J connectivity index is 0.000000358. The van der Waals surface area contributed by atoms with Gasteiger partial charge in [-0.15, -0.1) is 0 Å². The number of pyridine rings is 1. The Hall–Kier alpha value is -3.29. The van der Waals surface area contributed by atoms with E-state index in [1.54, 1.807) is 30.3 Å². The van der Waals surface area contributed by atoms with Gasteiger partial charge in [-0.3, -0.25) is 19.0 Å². The monoisotopic (exact) mass is 733 g/mol. The number of rotatable bonds is 19. The van der Waals surface area contributed by atoms with E-state index in [-0.39, 0.29) is 24.3 Å². The second kappa shape index (κ2) is 22.5. The number of nitrogens with one attached hydrogen (secondary N) is 2. The van der Waals surface area contributed by atoms with Crippen LogP contribution in [0, 0.1) is 0 Å². The standard InChI is InChI=1S/C25H26ClN3O5.C12H26O3S/c26-19-7-5-17(6-8-19)24(31)28-22(25(32)34-14-11-29-9-12-33-13-10-29)15-18-16-23(30)27-21-4-2-1-3-20(18)21;1-2-3-4-5-6-7-8-9-10-11-12-16(13,14)15/h1-8,16,22H,9-15H2,(H,27,30)(H,28,31);2-12H2,1H3,(H,13,14,15). The van der Waals surface area contributed by atoms with Gasteiger partial charge in [-0.05, 0) is 42.3 Å². The summed E-state index contributed by atoms with van der Waals surface area (Å²) in [6.07, 6.45) is 11.8. The lowest BCUT2D eigenvalue weighted by molar-refractivity contribution is -0.146. The second-order valence-electron chi connectivity index (χ2n) is 12.5. The van der Waals surface area contributed by atoms with E-state index in [0.29, 0.717) is 47.8 Å². The van der Waals surface area contributed by atoms with Crippen LogP contribution in [0.25, 0.3) is 10.9 Å². The Labute approximate surface area is 300 Å². The van der Waals surface area contributed by atoms with Crippen LogP contribution in [-0.4, -0.2) is 86.0 Å². The summed E-state index contributed by atoms with van der Waals surface area (Å²) in [5, 5.41) is 4.08. The summed E-state index contributed by atoms with van der Waals surface area (Å²) in [5.41, 5.74) is 1.39. The number of carbonyl (C=O) groups is 2. The minimum absolute atomic E-state index is 0.0799. The Morgan fingerprint density at radius 1 is 0.960 bits per heavy atom. The van der Waals surface area contributed by atoms with Gasteiger partial charge in [0.05, 0.1) is 19.0 Å². The number of fused-ring (bicyclic) bond motifs is 1. The zero-order chi connectivity index (χ0) is 36.2. The highest BCUT2D eigenvalue weighted by Crippen LogP contribution is 2.18. The van der Waals surface area contributed by atoms with Crippen molar-refractivity contribution in [2.24, 2.45) is 0 Å². The van der Waals surface area contributed by atoms with Gasteiger partial charge in [-0.1, -0.05) is 94.5 Å². The van der Waals surface area contributed by atoms with Gasteiger partial charge in [0.1, 0.15) is 12.6 Å². The van der Waals surface area contributed by atoms with E-state index in [2.05, 4.69) is 22.1 Å². The first kappa shape index (κ1) is 41.1. The molecule has 0 radical (unpaired) electrons. The summed E-state index contributed by atoms with van der Waals surface area (Å²) in [4.78, 5) is 43.0. The van der Waals surface area contributed by atoms with E-state index >= 15 is 0 Å². The first-order chi connectivity index (χ1) is 24.1. The van der Waals surface area contributed by atoms with Crippen molar-refractivity contribution in [3.05, 3.63) is 81.1 Å². The van der Waals surface area contributed by atoms with Crippen molar-refractivity contribution in [3.63, 3.8) is 0 Å². The van der Waals surface area contributed by atoms with E-state index in [0.717, 1.165) is 31.3 Å². The van der Waals surface area contributed by atoms with Crippen molar-refractivity contribution in [2.75, 3.05) is 45.2 Å². The molecule has 276 valence electrons. The van der Waals surface area contributed by atoms with Gasteiger partial charge >= 0.3 is 5.97 Å². The van der Waals surface area contributed by atoms with Gasteiger partial charge in [0, 0.05) is 53.6 Å². The number of para-hydroxylation sites is 1. The van der Waals surface area contributed by atoms with E-state index in [1.807, 2.05) is 18.2 Å². The van der Waals surface area contributed by atoms with Crippen molar-refractivity contribution < 1.29 is 32.0 Å². The summed E-state index contributed by atoms with van der Waals surface area (Å²) in [7, 11) is -3.73. The average Bonchev–Trinajstić information content (AvgIpc) is 3.09. The molecule has 3 aromatic rings.